The van der Waals surface area contributed by atoms with E-state index in [0.717, 1.165) is 0 Å². The number of hydrogen-bond donors (Lipinski definition) is 2. The van der Waals surface area contributed by atoms with Gasteiger partial charge in [0.1, 0.15) is 6.04 Å². The number of carboxylic acids is 1. The van der Waals surface area contributed by atoms with E-state index in [0.29, 0.717) is 32.2 Å². The van der Waals surface area contributed by atoms with Crippen LogP contribution in [0, 0.1) is 0 Å². The summed E-state index contributed by atoms with van der Waals surface area (Å²) < 4.78 is 23.2. The monoisotopic (exact) mass is 290 g/mol. The van der Waals surface area contributed by atoms with Crippen molar-refractivity contribution < 1.29 is 23.1 Å². The third kappa shape index (κ3) is 2.99. The predicted molar refractivity (Wildman–Crippen MR) is 67.6 cm³/mol. The molecular formula is C11H18N2O5S. The van der Waals surface area contributed by atoms with Gasteiger partial charge in [-0.05, 0) is 25.7 Å². The fourth-order valence-corrected chi connectivity index (χ4v) is 4.42. The average Bonchev–Trinajstić information content (AvgIpc) is 2.92. The first-order valence-corrected chi connectivity index (χ1v) is 8.12. The number of rotatable bonds is 3. The first-order chi connectivity index (χ1) is 8.92. The lowest BCUT2D eigenvalue weighted by atomic mass is 10.2. The summed E-state index contributed by atoms with van der Waals surface area (Å²) >= 11 is 0. The van der Waals surface area contributed by atoms with Gasteiger partial charge in [0.15, 0.2) is 9.84 Å². The van der Waals surface area contributed by atoms with Crippen LogP contribution in [0.2, 0.25) is 0 Å². The second kappa shape index (κ2) is 5.36. The second-order valence-corrected chi connectivity index (χ2v) is 7.41. The van der Waals surface area contributed by atoms with Crippen molar-refractivity contribution in [2.24, 2.45) is 0 Å². The molecule has 7 nitrogen and oxygen atoms in total. The van der Waals surface area contributed by atoms with Gasteiger partial charge in [0.2, 0.25) is 0 Å². The van der Waals surface area contributed by atoms with Crippen molar-refractivity contribution in [3.05, 3.63) is 0 Å². The van der Waals surface area contributed by atoms with Crippen LogP contribution < -0.4 is 5.32 Å². The number of aliphatic carboxylic acids is 1. The zero-order chi connectivity index (χ0) is 14.0. The maximum Gasteiger partial charge on any atom is 0.326 e. The maximum atomic E-state index is 11.9. The van der Waals surface area contributed by atoms with Gasteiger partial charge in [-0.15, -0.1) is 0 Å². The summed E-state index contributed by atoms with van der Waals surface area (Å²) in [5.74, 6) is -0.837. The van der Waals surface area contributed by atoms with Crippen molar-refractivity contribution in [3.8, 4) is 0 Å². The van der Waals surface area contributed by atoms with E-state index in [4.69, 9.17) is 5.11 Å². The molecule has 0 aromatic rings. The van der Waals surface area contributed by atoms with Crippen LogP contribution in [0.3, 0.4) is 0 Å². The maximum absolute atomic E-state index is 11.9. The minimum Gasteiger partial charge on any atom is -0.480 e. The molecule has 2 fully saturated rings. The number of likely N-dealkylation sites (tertiary alicyclic amines) is 1. The van der Waals surface area contributed by atoms with Crippen molar-refractivity contribution in [1.82, 2.24) is 10.2 Å². The number of nitrogens with one attached hydrogen (secondary N) is 1. The first kappa shape index (κ1) is 14.1. The highest BCUT2D eigenvalue weighted by molar-refractivity contribution is 7.92. The first-order valence-electron chi connectivity index (χ1n) is 6.40. The topological polar surface area (TPSA) is 104 Å². The SMILES string of the molecule is O=C(O)[C@H]1CCCN1C(=O)NCC1CCCS1(=O)=O. The highest BCUT2D eigenvalue weighted by Gasteiger charge is 2.36. The molecule has 2 rings (SSSR count). The van der Waals surface area contributed by atoms with Crippen molar-refractivity contribution in [3.63, 3.8) is 0 Å². The van der Waals surface area contributed by atoms with Gasteiger partial charge in [-0.3, -0.25) is 0 Å². The van der Waals surface area contributed by atoms with Gasteiger partial charge in [0.05, 0.1) is 11.0 Å². The Morgan fingerprint density at radius 2 is 2.00 bits per heavy atom. The summed E-state index contributed by atoms with van der Waals surface area (Å²) in [5, 5.41) is 11.0. The van der Waals surface area contributed by atoms with E-state index in [1.54, 1.807) is 0 Å². The Bertz CT molecular complexity index is 475. The van der Waals surface area contributed by atoms with E-state index in [2.05, 4.69) is 5.32 Å². The Kier molecular flexibility index (Phi) is 3.98. The Morgan fingerprint density at radius 3 is 2.58 bits per heavy atom. The van der Waals surface area contributed by atoms with Crippen molar-refractivity contribution in [2.75, 3.05) is 18.8 Å². The molecular weight excluding hydrogens is 272 g/mol. The van der Waals surface area contributed by atoms with E-state index in [1.165, 1.54) is 4.90 Å². The molecule has 0 spiro atoms. The minimum atomic E-state index is -3.09. The Balaban J connectivity index is 1.89. The van der Waals surface area contributed by atoms with Gasteiger partial charge in [-0.2, -0.15) is 0 Å². The molecule has 0 aromatic carbocycles. The van der Waals surface area contributed by atoms with E-state index < -0.39 is 33.1 Å². The van der Waals surface area contributed by atoms with Gasteiger partial charge in [0, 0.05) is 13.1 Å². The molecule has 0 aliphatic carbocycles. The van der Waals surface area contributed by atoms with E-state index >= 15 is 0 Å². The Morgan fingerprint density at radius 1 is 1.26 bits per heavy atom. The molecule has 0 saturated carbocycles. The summed E-state index contributed by atoms with van der Waals surface area (Å²) in [6, 6.07) is -1.27. The average molecular weight is 290 g/mol. The number of carboxylic acid groups (broad SMARTS) is 1. The molecule has 8 heteroatoms. The van der Waals surface area contributed by atoms with Crippen LogP contribution in [-0.2, 0) is 14.6 Å². The fraction of sp³-hybridized carbons (Fsp3) is 0.818. The van der Waals surface area contributed by atoms with Crippen LogP contribution in [-0.4, -0.2) is 60.6 Å². The van der Waals surface area contributed by atoms with Crippen molar-refractivity contribution in [2.45, 2.75) is 37.0 Å². The fourth-order valence-electron chi connectivity index (χ4n) is 2.66. The standard InChI is InChI=1S/C11H18N2O5S/c14-10(15)9-4-1-5-13(9)11(16)12-7-8-3-2-6-19(8,17)18/h8-9H,1-7H2,(H,12,16)(H,14,15)/t8?,9-/m1/s1. The zero-order valence-electron chi connectivity index (χ0n) is 10.5. The lowest BCUT2D eigenvalue weighted by Crippen LogP contribution is -2.48. The molecule has 2 atom stereocenters. The Labute approximate surface area is 111 Å². The van der Waals surface area contributed by atoms with E-state index in [1.807, 2.05) is 0 Å². The lowest BCUT2D eigenvalue weighted by molar-refractivity contribution is -0.141. The largest absolute Gasteiger partial charge is 0.480 e. The predicted octanol–water partition coefficient (Wildman–Crippen LogP) is -0.178. The summed E-state index contributed by atoms with van der Waals surface area (Å²) in [6.45, 7) is 0.476. The summed E-state index contributed by atoms with van der Waals surface area (Å²) in [6.07, 6.45) is 2.30. The minimum absolute atomic E-state index is 0.0734. The quantitative estimate of drug-likeness (QED) is 0.750. The van der Waals surface area contributed by atoms with Crippen LogP contribution in [0.5, 0.6) is 0 Å². The van der Waals surface area contributed by atoms with Crippen molar-refractivity contribution in [1.29, 1.82) is 0 Å². The molecule has 2 N–H and O–H groups in total. The van der Waals surface area contributed by atoms with Crippen LogP contribution in [0.25, 0.3) is 0 Å². The molecule has 108 valence electrons. The molecule has 0 aromatic heterocycles. The smallest absolute Gasteiger partial charge is 0.326 e. The molecule has 2 aliphatic rings. The molecule has 2 heterocycles. The molecule has 19 heavy (non-hydrogen) atoms. The van der Waals surface area contributed by atoms with Crippen LogP contribution in [0.4, 0.5) is 4.79 Å². The van der Waals surface area contributed by atoms with Crippen molar-refractivity contribution >= 4 is 21.8 Å². The van der Waals surface area contributed by atoms with E-state index in [-0.39, 0.29) is 12.3 Å². The van der Waals surface area contributed by atoms with Gasteiger partial charge in [-0.1, -0.05) is 0 Å². The van der Waals surface area contributed by atoms with Gasteiger partial charge in [0.25, 0.3) is 0 Å². The van der Waals surface area contributed by atoms with Crippen LogP contribution in [0.15, 0.2) is 0 Å². The molecule has 1 unspecified atom stereocenters. The molecule has 0 radical (unpaired) electrons. The van der Waals surface area contributed by atoms with E-state index in [9.17, 15) is 18.0 Å². The molecule has 2 saturated heterocycles. The number of amides is 2. The number of hydrogen-bond acceptors (Lipinski definition) is 4. The molecule has 2 aliphatic heterocycles. The summed E-state index contributed by atoms with van der Waals surface area (Å²) in [4.78, 5) is 24.1. The second-order valence-electron chi connectivity index (χ2n) is 5.01. The number of sulfone groups is 1. The molecule has 2 amide bonds. The highest BCUT2D eigenvalue weighted by Crippen LogP contribution is 2.20. The number of carbonyl (C=O) groups is 2. The number of nitrogens with zero attached hydrogens (tertiary/aromatic N) is 1. The van der Waals surface area contributed by atoms with Gasteiger partial charge >= 0.3 is 12.0 Å². The molecule has 0 bridgehead atoms. The van der Waals surface area contributed by atoms with Gasteiger partial charge in [-0.25, -0.2) is 18.0 Å². The van der Waals surface area contributed by atoms with Crippen LogP contribution in [0.1, 0.15) is 25.7 Å². The highest BCUT2D eigenvalue weighted by atomic mass is 32.2. The Hall–Kier alpha value is -1.31. The lowest BCUT2D eigenvalue weighted by Gasteiger charge is -2.22. The van der Waals surface area contributed by atoms with Crippen LogP contribution >= 0.6 is 0 Å². The third-order valence-electron chi connectivity index (χ3n) is 3.74. The van der Waals surface area contributed by atoms with Gasteiger partial charge < -0.3 is 15.3 Å². The summed E-state index contributed by atoms with van der Waals surface area (Å²) in [7, 11) is -3.09. The number of carbonyl (C=O) groups excluding carboxylic acids is 1. The zero-order valence-corrected chi connectivity index (χ0v) is 11.4. The summed E-state index contributed by atoms with van der Waals surface area (Å²) in [5.41, 5.74) is 0. The third-order valence-corrected chi connectivity index (χ3v) is 6.02. The normalized spacial score (nSPS) is 29.4. The number of urea groups is 1.